The number of hydrogen-bond donors (Lipinski definition) is 2. The zero-order valence-corrected chi connectivity index (χ0v) is 14.3. The first-order chi connectivity index (χ1) is 9.89. The third-order valence-corrected chi connectivity index (χ3v) is 4.67. The molecule has 0 aromatic carbocycles. The molecule has 0 bridgehead atoms. The maximum atomic E-state index is 11.5. The van der Waals surface area contributed by atoms with E-state index in [2.05, 4.69) is 17.1 Å². The van der Waals surface area contributed by atoms with Crippen molar-refractivity contribution in [3.8, 4) is 0 Å². The zero-order valence-electron chi connectivity index (χ0n) is 14.3. The lowest BCUT2D eigenvalue weighted by atomic mass is 9.93. The van der Waals surface area contributed by atoms with E-state index < -0.39 is 11.5 Å². The second-order valence-electron chi connectivity index (χ2n) is 6.99. The fourth-order valence-corrected chi connectivity index (χ4v) is 3.49. The van der Waals surface area contributed by atoms with Gasteiger partial charge in [0.05, 0.1) is 0 Å². The Kier molecular flexibility index (Phi) is 7.67. The summed E-state index contributed by atoms with van der Waals surface area (Å²) in [4.78, 5) is 14.1. The molecule has 21 heavy (non-hydrogen) atoms. The number of nitrogens with zero attached hydrogens (tertiary/aromatic N) is 1. The number of carbonyl (C=O) groups is 1. The van der Waals surface area contributed by atoms with Crippen molar-refractivity contribution < 1.29 is 9.90 Å². The van der Waals surface area contributed by atoms with Gasteiger partial charge < -0.3 is 10.0 Å². The third-order valence-electron chi connectivity index (χ3n) is 4.67. The zero-order chi connectivity index (χ0) is 15.9. The van der Waals surface area contributed by atoms with Gasteiger partial charge in [-0.25, -0.2) is 0 Å². The maximum absolute atomic E-state index is 11.5. The first kappa shape index (κ1) is 18.4. The first-order valence-electron chi connectivity index (χ1n) is 8.64. The molecular weight excluding hydrogens is 264 g/mol. The van der Waals surface area contributed by atoms with Gasteiger partial charge in [0.1, 0.15) is 5.54 Å². The van der Waals surface area contributed by atoms with Gasteiger partial charge in [-0.2, -0.15) is 0 Å². The number of likely N-dealkylation sites (tertiary alicyclic amines) is 1. The number of carboxylic acid groups (broad SMARTS) is 1. The second-order valence-corrected chi connectivity index (χ2v) is 6.99. The number of rotatable bonds is 9. The predicted molar refractivity (Wildman–Crippen MR) is 87.7 cm³/mol. The first-order valence-corrected chi connectivity index (χ1v) is 8.64. The molecule has 0 aromatic heterocycles. The van der Waals surface area contributed by atoms with Gasteiger partial charge in [0.2, 0.25) is 0 Å². The number of aliphatic carboxylic acids is 1. The van der Waals surface area contributed by atoms with Crippen molar-refractivity contribution in [1.82, 2.24) is 10.2 Å². The van der Waals surface area contributed by atoms with Crippen molar-refractivity contribution in [1.29, 1.82) is 0 Å². The lowest BCUT2D eigenvalue weighted by molar-refractivity contribution is -0.144. The number of carboxylic acids is 1. The number of piperidine rings is 1. The van der Waals surface area contributed by atoms with Gasteiger partial charge in [-0.15, -0.1) is 0 Å². The highest BCUT2D eigenvalue weighted by Crippen LogP contribution is 2.21. The minimum absolute atomic E-state index is 0.192. The van der Waals surface area contributed by atoms with Crippen molar-refractivity contribution in [2.24, 2.45) is 0 Å². The monoisotopic (exact) mass is 298 g/mol. The van der Waals surface area contributed by atoms with Crippen LogP contribution in [-0.2, 0) is 4.79 Å². The summed E-state index contributed by atoms with van der Waals surface area (Å²) in [5.41, 5.74) is -0.791. The summed E-state index contributed by atoms with van der Waals surface area (Å²) < 4.78 is 0. The van der Waals surface area contributed by atoms with Gasteiger partial charge >= 0.3 is 5.97 Å². The van der Waals surface area contributed by atoms with Crippen LogP contribution >= 0.6 is 0 Å². The molecule has 1 heterocycles. The Labute approximate surface area is 130 Å². The fraction of sp³-hybridized carbons (Fsp3) is 0.941. The van der Waals surface area contributed by atoms with Crippen LogP contribution < -0.4 is 5.32 Å². The van der Waals surface area contributed by atoms with Gasteiger partial charge in [-0.3, -0.25) is 10.1 Å². The molecule has 0 saturated carbocycles. The summed E-state index contributed by atoms with van der Waals surface area (Å²) in [6.07, 6.45) is 8.02. The van der Waals surface area contributed by atoms with Crippen molar-refractivity contribution in [3.63, 3.8) is 0 Å². The molecule has 0 amide bonds. The van der Waals surface area contributed by atoms with Crippen molar-refractivity contribution >= 4 is 5.97 Å². The molecule has 2 atom stereocenters. The maximum Gasteiger partial charge on any atom is 0.323 e. The summed E-state index contributed by atoms with van der Waals surface area (Å²) in [5, 5.41) is 12.6. The molecule has 0 spiro atoms. The van der Waals surface area contributed by atoms with E-state index in [-0.39, 0.29) is 6.04 Å². The lowest BCUT2D eigenvalue weighted by Gasteiger charge is -2.35. The molecule has 1 rings (SSSR count). The van der Waals surface area contributed by atoms with Crippen LogP contribution in [-0.4, -0.2) is 46.7 Å². The molecule has 4 nitrogen and oxygen atoms in total. The highest BCUT2D eigenvalue weighted by Gasteiger charge is 2.32. The Balaban J connectivity index is 2.35. The van der Waals surface area contributed by atoms with Crippen LogP contribution in [0.3, 0.4) is 0 Å². The fourth-order valence-electron chi connectivity index (χ4n) is 3.49. The molecule has 0 aliphatic carbocycles. The second kappa shape index (κ2) is 8.74. The molecule has 1 aliphatic rings. The molecule has 1 fully saturated rings. The Morgan fingerprint density at radius 2 is 2.10 bits per heavy atom. The quantitative estimate of drug-likeness (QED) is 0.642. The molecule has 0 aromatic rings. The molecular formula is C17H34N2O2. The molecule has 124 valence electrons. The van der Waals surface area contributed by atoms with E-state index in [9.17, 15) is 9.90 Å². The third kappa shape index (κ3) is 5.95. The average Bonchev–Trinajstić information content (AvgIpc) is 2.43. The SMILES string of the molecule is CCC1CCCCN1CCCCC(C)(NC(C)C)C(=O)O. The van der Waals surface area contributed by atoms with E-state index in [1.807, 2.05) is 20.8 Å². The van der Waals surface area contributed by atoms with Gasteiger partial charge in [0, 0.05) is 12.1 Å². The molecule has 2 N–H and O–H groups in total. The molecule has 1 aliphatic heterocycles. The van der Waals surface area contributed by atoms with E-state index in [0.717, 1.165) is 25.4 Å². The molecule has 2 unspecified atom stereocenters. The van der Waals surface area contributed by atoms with Crippen LogP contribution in [0, 0.1) is 0 Å². The Morgan fingerprint density at radius 3 is 2.67 bits per heavy atom. The normalized spacial score (nSPS) is 23.2. The van der Waals surface area contributed by atoms with Crippen LogP contribution in [0.5, 0.6) is 0 Å². The van der Waals surface area contributed by atoms with Crippen LogP contribution in [0.2, 0.25) is 0 Å². The summed E-state index contributed by atoms with van der Waals surface area (Å²) in [6.45, 7) is 10.4. The van der Waals surface area contributed by atoms with Crippen molar-refractivity contribution in [3.05, 3.63) is 0 Å². The number of nitrogens with one attached hydrogen (secondary N) is 1. The highest BCUT2D eigenvalue weighted by atomic mass is 16.4. The van der Waals surface area contributed by atoms with E-state index in [4.69, 9.17) is 0 Å². The molecule has 1 saturated heterocycles. The van der Waals surface area contributed by atoms with Gasteiger partial charge in [0.15, 0.2) is 0 Å². The number of hydrogen-bond acceptors (Lipinski definition) is 3. The van der Waals surface area contributed by atoms with Crippen LogP contribution in [0.4, 0.5) is 0 Å². The lowest BCUT2D eigenvalue weighted by Crippen LogP contribution is -2.52. The minimum Gasteiger partial charge on any atom is -0.480 e. The van der Waals surface area contributed by atoms with Gasteiger partial charge in [-0.1, -0.05) is 13.3 Å². The summed E-state index contributed by atoms with van der Waals surface area (Å²) in [7, 11) is 0. The van der Waals surface area contributed by atoms with E-state index in [1.165, 1.54) is 32.2 Å². The average molecular weight is 298 g/mol. The smallest absolute Gasteiger partial charge is 0.323 e. The van der Waals surface area contributed by atoms with E-state index >= 15 is 0 Å². The van der Waals surface area contributed by atoms with Gasteiger partial charge in [-0.05, 0) is 72.4 Å². The van der Waals surface area contributed by atoms with E-state index in [1.54, 1.807) is 0 Å². The van der Waals surface area contributed by atoms with Crippen LogP contribution in [0.15, 0.2) is 0 Å². The Morgan fingerprint density at radius 1 is 1.38 bits per heavy atom. The minimum atomic E-state index is -0.791. The number of unbranched alkanes of at least 4 members (excludes halogenated alkanes) is 1. The van der Waals surface area contributed by atoms with Crippen molar-refractivity contribution in [2.45, 2.75) is 90.3 Å². The summed E-state index contributed by atoms with van der Waals surface area (Å²) in [6, 6.07) is 0.941. The standard InChI is InChI=1S/C17H34N2O2/c1-5-15-10-6-8-12-19(15)13-9-7-11-17(4,16(20)21)18-14(2)3/h14-15,18H,5-13H2,1-4H3,(H,20,21). The predicted octanol–water partition coefficient (Wildman–Crippen LogP) is 3.26. The molecule has 4 heteroatoms. The largest absolute Gasteiger partial charge is 0.480 e. The summed E-state index contributed by atoms with van der Waals surface area (Å²) >= 11 is 0. The van der Waals surface area contributed by atoms with Crippen LogP contribution in [0.1, 0.15) is 72.6 Å². The van der Waals surface area contributed by atoms with Crippen molar-refractivity contribution in [2.75, 3.05) is 13.1 Å². The van der Waals surface area contributed by atoms with Crippen LogP contribution in [0.25, 0.3) is 0 Å². The summed E-state index contributed by atoms with van der Waals surface area (Å²) in [5.74, 6) is -0.736. The Bertz CT molecular complexity index is 320. The van der Waals surface area contributed by atoms with E-state index in [0.29, 0.717) is 6.42 Å². The van der Waals surface area contributed by atoms with Gasteiger partial charge in [0.25, 0.3) is 0 Å². The highest BCUT2D eigenvalue weighted by molar-refractivity contribution is 5.78. The molecule has 0 radical (unpaired) electrons. The topological polar surface area (TPSA) is 52.6 Å². The Hall–Kier alpha value is -0.610.